The predicted octanol–water partition coefficient (Wildman–Crippen LogP) is -6.93. The molecule has 76 heavy (non-hydrogen) atoms. The third-order valence-corrected chi connectivity index (χ3v) is 12.7. The van der Waals surface area contributed by atoms with Crippen LogP contribution in [-0.4, -0.2) is 153 Å². The first-order chi connectivity index (χ1) is 35.6. The van der Waals surface area contributed by atoms with Crippen LogP contribution >= 0.6 is 0 Å². The number of aldehydes is 1. The second-order valence-electron chi connectivity index (χ2n) is 19.3. The van der Waals surface area contributed by atoms with Gasteiger partial charge < -0.3 is 108 Å². The van der Waals surface area contributed by atoms with Gasteiger partial charge in [0.15, 0.2) is 64.7 Å². The van der Waals surface area contributed by atoms with Crippen LogP contribution in [0.5, 0.6) is 0 Å². The summed E-state index contributed by atoms with van der Waals surface area (Å²) in [5.41, 5.74) is 101. The highest BCUT2D eigenvalue weighted by atomic mass is 16.2. The van der Waals surface area contributed by atoms with Gasteiger partial charge >= 0.3 is 0 Å². The molecule has 0 heterocycles. The van der Waals surface area contributed by atoms with Gasteiger partial charge in [0.1, 0.15) is 6.29 Å². The highest BCUT2D eigenvalue weighted by Gasteiger charge is 2.55. The van der Waals surface area contributed by atoms with Gasteiger partial charge in [-0.15, -0.1) is 0 Å². The van der Waals surface area contributed by atoms with Crippen LogP contribution in [0.25, 0.3) is 0 Å². The lowest BCUT2D eigenvalue weighted by Gasteiger charge is -2.44. The Morgan fingerprint density at radius 2 is 0.566 bits per heavy atom. The lowest BCUT2D eigenvalue weighted by molar-refractivity contribution is -0.151. The van der Waals surface area contributed by atoms with Gasteiger partial charge in [-0.3, -0.25) is 53.9 Å². The van der Waals surface area contributed by atoms with Crippen molar-refractivity contribution in [2.75, 3.05) is 39.3 Å². The molecule has 0 aliphatic heterocycles. The van der Waals surface area contributed by atoms with Gasteiger partial charge in [-0.2, -0.15) is 0 Å². The minimum Gasteiger partial charge on any atom is -0.370 e. The van der Waals surface area contributed by atoms with Crippen LogP contribution in [0.1, 0.15) is 97.8 Å². The summed E-state index contributed by atoms with van der Waals surface area (Å²) in [7, 11) is 0. The van der Waals surface area contributed by atoms with Crippen molar-refractivity contribution in [1.82, 2.24) is 5.32 Å². The molecule has 434 valence electrons. The first-order valence-electron chi connectivity index (χ1n) is 25.6. The summed E-state index contributed by atoms with van der Waals surface area (Å²) in [6.45, 7) is 5.19. The Morgan fingerprint density at radius 3 is 0.803 bits per heavy atom. The zero-order valence-corrected chi connectivity index (χ0v) is 44.8. The van der Waals surface area contributed by atoms with Crippen LogP contribution in [0.3, 0.4) is 0 Å². The van der Waals surface area contributed by atoms with Gasteiger partial charge in [0.05, 0.1) is 36.3 Å². The zero-order chi connectivity index (χ0) is 58.2. The molecule has 0 spiro atoms. The smallest absolute Gasteiger partial charge is 0.185 e. The summed E-state index contributed by atoms with van der Waals surface area (Å²) in [6.07, 6.45) is 1.48. The standard InChI is InChI=1S/C46H94N24O6/c1-23(2)31(36(72)26(47)11-5-17-65-42(54)55)33(38(74)28(49)13-7-19-67-44(58)59)35(40(76)30(51)15-9-21-69-46(62)63)34(39(75)29(50)14-8-20-68-45(60)61)32(37(73)27(48)12-6-18-66-43(56)57)24(3)70-25(22-71)10-4-16-64-41(52)53/h22-35,70H,4-21,47-51H2,1-3H3,(H4,52,53,64)(H4,54,55,65)(H4,56,57,66)(H4,58,59,67)(H4,60,61,68)(H4,62,63,69)/t24?,25-,26+,27+,28+,29+,30+,31?,32?,33?,34?,35?/m1/s1. The third kappa shape index (κ3) is 26.7. The number of nitrogens with one attached hydrogen (secondary N) is 1. The maximum Gasteiger partial charge on any atom is 0.185 e. The number of guanidine groups is 6. The largest absolute Gasteiger partial charge is 0.370 e. The second kappa shape index (κ2) is 37.2. The minimum atomic E-state index is -1.96. The molecule has 0 aromatic heterocycles. The average molecular weight is 1080 g/mol. The molecule has 0 aliphatic rings. The van der Waals surface area contributed by atoms with Crippen molar-refractivity contribution in [3.05, 3.63) is 0 Å². The molecular weight excluding hydrogens is 985 g/mol. The number of rotatable bonds is 43. The number of carbonyl (C=O) groups is 6. The van der Waals surface area contributed by atoms with Crippen molar-refractivity contribution < 1.29 is 28.8 Å². The number of nitrogens with zero attached hydrogens (tertiary/aromatic N) is 6. The van der Waals surface area contributed by atoms with E-state index in [1.165, 1.54) is 6.92 Å². The number of Topliss-reactive ketones (excluding diaryl/α,β-unsaturated/α-hetero) is 5. The van der Waals surface area contributed by atoms with E-state index < -0.39 is 107 Å². The summed E-state index contributed by atoms with van der Waals surface area (Å²) in [5, 5.41) is 3.16. The normalized spacial score (nSPS) is 16.0. The number of aliphatic imine (C=N–C) groups is 6. The van der Waals surface area contributed by atoms with Gasteiger partial charge in [0, 0.05) is 74.9 Å². The Labute approximate surface area is 446 Å². The molecule has 35 N–H and O–H groups in total. The number of hydrogen-bond acceptors (Lipinski definition) is 18. The van der Waals surface area contributed by atoms with Crippen molar-refractivity contribution >= 4 is 71.0 Å². The van der Waals surface area contributed by atoms with E-state index in [-0.39, 0.29) is 152 Å². The van der Waals surface area contributed by atoms with Crippen LogP contribution < -0.4 is 103 Å². The fourth-order valence-electron chi connectivity index (χ4n) is 9.08. The van der Waals surface area contributed by atoms with Gasteiger partial charge in [0.25, 0.3) is 0 Å². The fraction of sp³-hybridized carbons (Fsp3) is 0.739. The van der Waals surface area contributed by atoms with E-state index in [0.29, 0.717) is 6.29 Å². The monoisotopic (exact) mass is 1080 g/mol. The molecule has 12 atom stereocenters. The lowest BCUT2D eigenvalue weighted by atomic mass is 9.58. The lowest BCUT2D eigenvalue weighted by Crippen LogP contribution is -2.61. The molecule has 0 aromatic carbocycles. The van der Waals surface area contributed by atoms with Gasteiger partial charge in [-0.25, -0.2) is 0 Å². The van der Waals surface area contributed by atoms with E-state index in [9.17, 15) is 4.79 Å². The van der Waals surface area contributed by atoms with E-state index >= 15 is 24.0 Å². The second-order valence-corrected chi connectivity index (χ2v) is 19.3. The van der Waals surface area contributed by atoms with Crippen LogP contribution in [0.2, 0.25) is 0 Å². The van der Waals surface area contributed by atoms with Gasteiger partial charge in [-0.05, 0) is 89.9 Å². The Hall–Kier alpha value is -6.60. The van der Waals surface area contributed by atoms with E-state index in [2.05, 4.69) is 35.3 Å². The Bertz CT molecular complexity index is 1990. The molecule has 0 aromatic rings. The SMILES string of the molecule is CC(C)C(C(=O)[C@@H](N)CCCN=C(N)N)C(C(=O)[C@@H](N)CCCN=C(N)N)C(C(=O)[C@@H](N)CCCN=C(N)N)C(C(=O)[C@@H](N)CCCN=C(N)N)C(C(=O)[C@@H](N)CCCN=C(N)N)C(C)N[C@@H](C=O)CCCN=C(N)N. The van der Waals surface area contributed by atoms with Gasteiger partial charge in [0.2, 0.25) is 0 Å². The van der Waals surface area contributed by atoms with Crippen molar-refractivity contribution in [1.29, 1.82) is 0 Å². The highest BCUT2D eigenvalue weighted by Crippen LogP contribution is 2.42. The van der Waals surface area contributed by atoms with Crippen LogP contribution in [-0.2, 0) is 28.8 Å². The predicted molar refractivity (Wildman–Crippen MR) is 299 cm³/mol. The van der Waals surface area contributed by atoms with Crippen molar-refractivity contribution in [3.63, 3.8) is 0 Å². The van der Waals surface area contributed by atoms with Crippen LogP contribution in [0, 0.1) is 35.5 Å². The fourth-order valence-corrected chi connectivity index (χ4v) is 9.08. The minimum absolute atomic E-state index is 0.0172. The molecule has 0 amide bonds. The number of ketones is 5. The van der Waals surface area contributed by atoms with Crippen molar-refractivity contribution in [3.8, 4) is 0 Å². The first-order valence-corrected chi connectivity index (χ1v) is 25.6. The Balaban J connectivity index is 9.13. The summed E-state index contributed by atoms with van der Waals surface area (Å²) in [5.74, 6) is -15.0. The van der Waals surface area contributed by atoms with Crippen molar-refractivity contribution in [2.45, 2.75) is 140 Å². The maximum atomic E-state index is 15.9. The summed E-state index contributed by atoms with van der Waals surface area (Å²) in [4.78, 5) is 115. The van der Waals surface area contributed by atoms with E-state index in [1.807, 2.05) is 0 Å². The third-order valence-electron chi connectivity index (χ3n) is 12.7. The summed E-state index contributed by atoms with van der Waals surface area (Å²) in [6, 6.07) is -9.31. The number of carbonyl (C=O) groups excluding carboxylic acids is 6. The van der Waals surface area contributed by atoms with Crippen molar-refractivity contribution in [2.24, 2.45) is 163 Å². The molecule has 0 radical (unpaired) electrons. The Morgan fingerprint density at radius 1 is 0.355 bits per heavy atom. The van der Waals surface area contributed by atoms with E-state index in [4.69, 9.17) is 97.5 Å². The molecule has 0 saturated heterocycles. The molecular formula is C46H94N24O6. The molecule has 0 aliphatic carbocycles. The van der Waals surface area contributed by atoms with E-state index in [1.54, 1.807) is 13.8 Å². The Kier molecular flexibility index (Phi) is 34.0. The molecule has 0 saturated carbocycles. The number of nitrogens with two attached hydrogens (primary N) is 17. The quantitative estimate of drug-likeness (QED) is 0.0117. The van der Waals surface area contributed by atoms with E-state index in [0.717, 1.165) is 0 Å². The molecule has 0 rings (SSSR count). The topological polar surface area (TPSA) is 631 Å². The molecule has 0 fully saturated rings. The van der Waals surface area contributed by atoms with Gasteiger partial charge in [-0.1, -0.05) is 13.8 Å². The summed E-state index contributed by atoms with van der Waals surface area (Å²) < 4.78 is 0. The summed E-state index contributed by atoms with van der Waals surface area (Å²) >= 11 is 0. The first kappa shape index (κ1) is 69.4. The molecule has 30 heteroatoms. The molecule has 6 unspecified atom stereocenters. The molecule has 30 nitrogen and oxygen atoms in total. The van der Waals surface area contributed by atoms with Crippen LogP contribution in [0.15, 0.2) is 30.0 Å². The highest BCUT2D eigenvalue weighted by molar-refractivity contribution is 6.04. The maximum absolute atomic E-state index is 15.9. The molecule has 0 bridgehead atoms. The van der Waals surface area contributed by atoms with Crippen LogP contribution in [0.4, 0.5) is 0 Å². The average Bonchev–Trinajstić information content (AvgIpc) is 3.34. The zero-order valence-electron chi connectivity index (χ0n) is 44.8. The number of hydrogen-bond donors (Lipinski definition) is 18.